The Bertz CT molecular complexity index is 513. The third-order valence-electron chi connectivity index (χ3n) is 5.85. The van der Waals surface area contributed by atoms with Crippen molar-refractivity contribution in [3.63, 3.8) is 0 Å². The van der Waals surface area contributed by atoms with Gasteiger partial charge in [-0.3, -0.25) is 4.79 Å². The summed E-state index contributed by atoms with van der Waals surface area (Å²) < 4.78 is 0. The zero-order valence-corrected chi connectivity index (χ0v) is 21.6. The Morgan fingerprint density at radius 1 is 0.697 bits per heavy atom. The molecule has 2 atom stereocenters. The van der Waals surface area contributed by atoms with Crippen molar-refractivity contribution < 1.29 is 15.0 Å². The Morgan fingerprint density at radius 2 is 1.21 bits per heavy atom. The molecule has 0 heterocycles. The van der Waals surface area contributed by atoms with E-state index >= 15 is 0 Å². The third-order valence-corrected chi connectivity index (χ3v) is 5.85. The van der Waals surface area contributed by atoms with E-state index < -0.39 is 12.1 Å². The summed E-state index contributed by atoms with van der Waals surface area (Å²) in [5, 5.41) is 22.5. The molecule has 2 unspecified atom stereocenters. The van der Waals surface area contributed by atoms with Crippen molar-refractivity contribution in [3.05, 3.63) is 36.5 Å². The third kappa shape index (κ3) is 22.2. The van der Waals surface area contributed by atoms with E-state index in [0.717, 1.165) is 44.9 Å². The average molecular weight is 464 g/mol. The van der Waals surface area contributed by atoms with E-state index in [2.05, 4.69) is 43.5 Å². The van der Waals surface area contributed by atoms with Crippen molar-refractivity contribution in [3.8, 4) is 0 Å². The number of rotatable bonds is 23. The number of aliphatic hydroxyl groups is 2. The molecule has 1 amide bonds. The Morgan fingerprint density at radius 3 is 1.85 bits per heavy atom. The molecular weight excluding hydrogens is 410 g/mol. The normalized spacial score (nSPS) is 13.9. The summed E-state index contributed by atoms with van der Waals surface area (Å²) in [4.78, 5) is 12.1. The first-order chi connectivity index (χ1) is 16.2. The van der Waals surface area contributed by atoms with Gasteiger partial charge in [-0.05, 0) is 51.4 Å². The maximum atomic E-state index is 12.1. The van der Waals surface area contributed by atoms with Gasteiger partial charge >= 0.3 is 0 Å². The molecule has 0 saturated carbocycles. The van der Waals surface area contributed by atoms with Crippen LogP contribution in [-0.2, 0) is 4.79 Å². The Balaban J connectivity index is 3.76. The molecule has 0 aromatic rings. The van der Waals surface area contributed by atoms with Crippen molar-refractivity contribution in [1.29, 1.82) is 0 Å². The number of allylic oxidation sites excluding steroid dienone is 5. The van der Waals surface area contributed by atoms with E-state index in [-0.39, 0.29) is 12.5 Å². The van der Waals surface area contributed by atoms with Crippen LogP contribution in [0, 0.1) is 0 Å². The minimum atomic E-state index is -0.859. The Labute approximate surface area is 204 Å². The predicted octanol–water partition coefficient (Wildman–Crippen LogP) is 7.16. The summed E-state index contributed by atoms with van der Waals surface area (Å²) in [6.45, 7) is 4.17. The fourth-order valence-electron chi connectivity index (χ4n) is 3.64. The highest BCUT2D eigenvalue weighted by Gasteiger charge is 2.17. The van der Waals surface area contributed by atoms with Crippen LogP contribution in [-0.4, -0.2) is 34.9 Å². The lowest BCUT2D eigenvalue weighted by molar-refractivity contribution is -0.123. The molecule has 0 rings (SSSR count). The van der Waals surface area contributed by atoms with Crippen LogP contribution in [0.5, 0.6) is 0 Å². The predicted molar refractivity (Wildman–Crippen MR) is 142 cm³/mol. The maximum Gasteiger partial charge on any atom is 0.220 e. The van der Waals surface area contributed by atoms with Crippen LogP contribution in [0.15, 0.2) is 36.5 Å². The first kappa shape index (κ1) is 31.6. The van der Waals surface area contributed by atoms with Crippen molar-refractivity contribution >= 4 is 5.91 Å². The molecule has 0 saturated heterocycles. The lowest BCUT2D eigenvalue weighted by Gasteiger charge is -2.19. The minimum absolute atomic E-state index is 0.0913. The second kappa shape index (κ2) is 25.2. The Kier molecular flexibility index (Phi) is 24.2. The monoisotopic (exact) mass is 463 g/mol. The molecule has 0 aliphatic heterocycles. The highest BCUT2D eigenvalue weighted by atomic mass is 16.3. The number of aliphatic hydroxyl groups excluding tert-OH is 2. The van der Waals surface area contributed by atoms with Gasteiger partial charge in [-0.2, -0.15) is 0 Å². The van der Waals surface area contributed by atoms with Crippen LogP contribution < -0.4 is 5.32 Å². The first-order valence-corrected chi connectivity index (χ1v) is 13.7. The molecule has 192 valence electrons. The van der Waals surface area contributed by atoms with E-state index in [1.807, 2.05) is 6.08 Å². The Hall–Kier alpha value is -1.39. The zero-order valence-electron chi connectivity index (χ0n) is 21.6. The van der Waals surface area contributed by atoms with Gasteiger partial charge in [0.15, 0.2) is 0 Å². The average Bonchev–Trinajstić information content (AvgIpc) is 2.82. The van der Waals surface area contributed by atoms with Gasteiger partial charge in [-0.1, -0.05) is 102 Å². The quantitative estimate of drug-likeness (QED) is 0.111. The van der Waals surface area contributed by atoms with E-state index in [9.17, 15) is 15.0 Å². The van der Waals surface area contributed by atoms with Gasteiger partial charge < -0.3 is 15.5 Å². The number of nitrogens with one attached hydrogen (secondary N) is 1. The number of carbonyl (C=O) groups excluding carboxylic acids is 1. The van der Waals surface area contributed by atoms with Crippen molar-refractivity contribution in [1.82, 2.24) is 5.32 Å². The summed E-state index contributed by atoms with van der Waals surface area (Å²) in [7, 11) is 0. The SMILES string of the molecule is CCCC/C=C/CC/C=C/C(O)C(CO)NC(=O)CCCCCCC/C=C\CCCCCC. The first-order valence-electron chi connectivity index (χ1n) is 13.7. The molecule has 0 aliphatic carbocycles. The highest BCUT2D eigenvalue weighted by Crippen LogP contribution is 2.09. The molecule has 0 aromatic carbocycles. The molecular formula is C29H53NO3. The second-order valence-electron chi connectivity index (χ2n) is 9.09. The van der Waals surface area contributed by atoms with Gasteiger partial charge in [-0.25, -0.2) is 0 Å². The van der Waals surface area contributed by atoms with E-state index in [1.165, 1.54) is 57.8 Å². The summed E-state index contributed by atoms with van der Waals surface area (Å²) in [6, 6.07) is -0.636. The number of hydrogen-bond acceptors (Lipinski definition) is 3. The zero-order chi connectivity index (χ0) is 24.4. The summed E-state index contributed by atoms with van der Waals surface area (Å²) >= 11 is 0. The second-order valence-corrected chi connectivity index (χ2v) is 9.09. The maximum absolute atomic E-state index is 12.1. The molecule has 33 heavy (non-hydrogen) atoms. The molecule has 4 nitrogen and oxygen atoms in total. The fourth-order valence-corrected chi connectivity index (χ4v) is 3.64. The number of amides is 1. The smallest absolute Gasteiger partial charge is 0.220 e. The molecule has 0 bridgehead atoms. The van der Waals surface area contributed by atoms with Crippen LogP contribution in [0.3, 0.4) is 0 Å². The van der Waals surface area contributed by atoms with E-state index in [0.29, 0.717) is 6.42 Å². The summed E-state index contributed by atoms with van der Waals surface area (Å²) in [5.74, 6) is -0.0913. The molecule has 0 aromatic heterocycles. The molecule has 0 fully saturated rings. The van der Waals surface area contributed by atoms with Crippen LogP contribution in [0.2, 0.25) is 0 Å². The van der Waals surface area contributed by atoms with Gasteiger partial charge in [0.1, 0.15) is 0 Å². The van der Waals surface area contributed by atoms with Crippen LogP contribution in [0.4, 0.5) is 0 Å². The van der Waals surface area contributed by atoms with Crippen LogP contribution in [0.25, 0.3) is 0 Å². The highest BCUT2D eigenvalue weighted by molar-refractivity contribution is 5.76. The molecule has 3 N–H and O–H groups in total. The standard InChI is InChI=1S/C29H53NO3/c1-3-5-7-9-11-13-14-15-16-17-19-21-23-25-29(33)30-27(26-31)28(32)24-22-20-18-12-10-8-6-4-2/h10,12-14,22,24,27-28,31-32H,3-9,11,15-21,23,25-26H2,1-2H3,(H,30,33)/b12-10+,14-13-,24-22+. The summed E-state index contributed by atoms with van der Waals surface area (Å²) in [5.41, 5.74) is 0. The minimum Gasteiger partial charge on any atom is -0.394 e. The van der Waals surface area contributed by atoms with Crippen LogP contribution >= 0.6 is 0 Å². The van der Waals surface area contributed by atoms with Gasteiger partial charge in [0, 0.05) is 6.42 Å². The van der Waals surface area contributed by atoms with Gasteiger partial charge in [0.25, 0.3) is 0 Å². The van der Waals surface area contributed by atoms with Gasteiger partial charge in [0.05, 0.1) is 18.8 Å². The topological polar surface area (TPSA) is 69.6 Å². The van der Waals surface area contributed by atoms with Crippen molar-refractivity contribution in [2.45, 2.75) is 135 Å². The lowest BCUT2D eigenvalue weighted by atomic mass is 10.1. The van der Waals surface area contributed by atoms with Gasteiger partial charge in [-0.15, -0.1) is 0 Å². The van der Waals surface area contributed by atoms with Crippen LogP contribution in [0.1, 0.15) is 123 Å². The number of unbranched alkanes of at least 4 members (excludes halogenated alkanes) is 12. The van der Waals surface area contributed by atoms with Crippen molar-refractivity contribution in [2.24, 2.45) is 0 Å². The molecule has 0 radical (unpaired) electrons. The fraction of sp³-hybridized carbons (Fsp3) is 0.759. The number of carbonyl (C=O) groups is 1. The largest absolute Gasteiger partial charge is 0.394 e. The van der Waals surface area contributed by atoms with Gasteiger partial charge in [0.2, 0.25) is 5.91 Å². The molecule has 0 spiro atoms. The summed E-state index contributed by atoms with van der Waals surface area (Å²) in [6.07, 6.45) is 30.7. The van der Waals surface area contributed by atoms with Crippen molar-refractivity contribution in [2.75, 3.05) is 6.61 Å². The molecule has 4 heteroatoms. The molecule has 0 aliphatic rings. The van der Waals surface area contributed by atoms with E-state index in [4.69, 9.17) is 0 Å². The van der Waals surface area contributed by atoms with E-state index in [1.54, 1.807) is 6.08 Å². The lowest BCUT2D eigenvalue weighted by Crippen LogP contribution is -2.45. The number of hydrogen-bond donors (Lipinski definition) is 3.